The third-order valence-electron chi connectivity index (χ3n) is 4.51. The molecule has 7 heteroatoms. The number of hydrogen-bond acceptors (Lipinski definition) is 6. The number of nitrogens with zero attached hydrogens (tertiary/aromatic N) is 5. The Kier molecular flexibility index (Phi) is 5.10. The van der Waals surface area contributed by atoms with Crippen molar-refractivity contribution in [1.29, 1.82) is 5.26 Å². The van der Waals surface area contributed by atoms with E-state index in [1.165, 1.54) is 0 Å². The van der Waals surface area contributed by atoms with Crippen LogP contribution < -0.4 is 0 Å². The van der Waals surface area contributed by atoms with Gasteiger partial charge >= 0.3 is 0 Å². The predicted molar refractivity (Wildman–Crippen MR) is 90.1 cm³/mol. The van der Waals surface area contributed by atoms with E-state index in [2.05, 4.69) is 21.1 Å². The van der Waals surface area contributed by atoms with Crippen LogP contribution in [0.1, 0.15) is 36.2 Å². The number of benzene rings is 1. The first-order chi connectivity index (χ1) is 12.1. The quantitative estimate of drug-likeness (QED) is 0.826. The Bertz CT molecular complexity index is 795. The molecule has 1 amide bonds. The van der Waals surface area contributed by atoms with Gasteiger partial charge in [0.15, 0.2) is 5.82 Å². The van der Waals surface area contributed by atoms with E-state index in [0.29, 0.717) is 30.4 Å². The summed E-state index contributed by atoms with van der Waals surface area (Å²) < 4.78 is 4.99. The summed E-state index contributed by atoms with van der Waals surface area (Å²) in [6, 6.07) is 10.00. The third kappa shape index (κ3) is 4.03. The maximum absolute atomic E-state index is 12.1. The third-order valence-corrected chi connectivity index (χ3v) is 4.51. The van der Waals surface area contributed by atoms with Crippen molar-refractivity contribution in [2.24, 2.45) is 0 Å². The topological polar surface area (TPSA) is 86.3 Å². The molecule has 3 rings (SSSR count). The Balaban J connectivity index is 1.65. The Hall–Kier alpha value is -2.72. The molecular weight excluding hydrogens is 318 g/mol. The molecule has 0 N–H and O–H groups in total. The van der Waals surface area contributed by atoms with Crippen LogP contribution in [-0.4, -0.2) is 45.0 Å². The number of aryl methyl sites for hydroxylation is 1. The number of nitriles is 1. The van der Waals surface area contributed by atoms with Crippen LogP contribution in [0.3, 0.4) is 0 Å². The van der Waals surface area contributed by atoms with Crippen LogP contribution in [0.15, 0.2) is 28.8 Å². The Labute approximate surface area is 146 Å². The molecule has 7 nitrogen and oxygen atoms in total. The molecule has 1 aromatic heterocycles. The fourth-order valence-electron chi connectivity index (χ4n) is 3.27. The van der Waals surface area contributed by atoms with Gasteiger partial charge in [0.25, 0.3) is 0 Å². The minimum atomic E-state index is 0.00623. The smallest absolute Gasteiger partial charge is 0.223 e. The largest absolute Gasteiger partial charge is 0.340 e. The highest BCUT2D eigenvalue weighted by Gasteiger charge is 2.30. The van der Waals surface area contributed by atoms with Crippen LogP contribution in [0.5, 0.6) is 0 Å². The van der Waals surface area contributed by atoms with E-state index in [-0.39, 0.29) is 11.9 Å². The first-order valence-corrected chi connectivity index (χ1v) is 8.33. The second-order valence-electron chi connectivity index (χ2n) is 6.32. The second kappa shape index (κ2) is 7.45. The lowest BCUT2D eigenvalue weighted by Crippen LogP contribution is -2.40. The molecule has 0 radical (unpaired) electrons. The predicted octanol–water partition coefficient (Wildman–Crippen LogP) is 1.87. The van der Waals surface area contributed by atoms with Gasteiger partial charge in [-0.05, 0) is 18.1 Å². The highest BCUT2D eigenvalue weighted by Crippen LogP contribution is 2.21. The van der Waals surface area contributed by atoms with Crippen LogP contribution in [0.2, 0.25) is 0 Å². The average molecular weight is 339 g/mol. The van der Waals surface area contributed by atoms with Gasteiger partial charge in [0, 0.05) is 39.5 Å². The Morgan fingerprint density at radius 3 is 2.96 bits per heavy atom. The molecule has 0 aliphatic carbocycles. The summed E-state index contributed by atoms with van der Waals surface area (Å²) in [6.45, 7) is 6.04. The summed E-state index contributed by atoms with van der Waals surface area (Å²) in [4.78, 5) is 20.4. The van der Waals surface area contributed by atoms with Gasteiger partial charge in [-0.15, -0.1) is 0 Å². The molecule has 0 bridgehead atoms. The van der Waals surface area contributed by atoms with Gasteiger partial charge in [-0.2, -0.15) is 10.2 Å². The molecule has 1 aliphatic heterocycles. The number of carbonyl (C=O) groups is 1. The molecule has 0 spiro atoms. The van der Waals surface area contributed by atoms with Crippen molar-refractivity contribution in [1.82, 2.24) is 19.9 Å². The number of rotatable bonds is 5. The molecule has 25 heavy (non-hydrogen) atoms. The van der Waals surface area contributed by atoms with E-state index in [1.807, 2.05) is 24.3 Å². The van der Waals surface area contributed by atoms with Crippen LogP contribution in [-0.2, 0) is 17.9 Å². The zero-order valence-corrected chi connectivity index (χ0v) is 14.5. The van der Waals surface area contributed by atoms with Gasteiger partial charge in [-0.1, -0.05) is 23.4 Å². The van der Waals surface area contributed by atoms with Crippen LogP contribution in [0.25, 0.3) is 0 Å². The Morgan fingerprint density at radius 1 is 1.48 bits per heavy atom. The summed E-state index contributed by atoms with van der Waals surface area (Å²) in [5.41, 5.74) is 1.73. The van der Waals surface area contributed by atoms with E-state index >= 15 is 0 Å². The van der Waals surface area contributed by atoms with E-state index < -0.39 is 0 Å². The highest BCUT2D eigenvalue weighted by molar-refractivity contribution is 5.73. The maximum Gasteiger partial charge on any atom is 0.223 e. The zero-order chi connectivity index (χ0) is 17.8. The van der Waals surface area contributed by atoms with Crippen molar-refractivity contribution in [3.8, 4) is 6.07 Å². The van der Waals surface area contributed by atoms with Gasteiger partial charge in [0.1, 0.15) is 0 Å². The van der Waals surface area contributed by atoms with Crippen molar-refractivity contribution >= 4 is 5.91 Å². The summed E-state index contributed by atoms with van der Waals surface area (Å²) in [7, 11) is 0. The average Bonchev–Trinajstić information content (AvgIpc) is 3.22. The molecule has 2 heterocycles. The normalized spacial score (nSPS) is 17.4. The van der Waals surface area contributed by atoms with E-state index in [4.69, 9.17) is 4.52 Å². The van der Waals surface area contributed by atoms with Gasteiger partial charge in [-0.3, -0.25) is 9.69 Å². The number of likely N-dealkylation sites (tertiary alicyclic amines) is 1. The molecule has 2 aromatic rings. The van der Waals surface area contributed by atoms with Crippen molar-refractivity contribution < 1.29 is 9.32 Å². The fraction of sp³-hybridized carbons (Fsp3) is 0.444. The number of hydrogen-bond donors (Lipinski definition) is 0. The molecule has 130 valence electrons. The monoisotopic (exact) mass is 339 g/mol. The molecular formula is C18H21N5O2. The number of amides is 1. The summed E-state index contributed by atoms with van der Waals surface area (Å²) in [6.07, 6.45) is 0.894. The van der Waals surface area contributed by atoms with Crippen molar-refractivity contribution in [2.45, 2.75) is 39.4 Å². The first kappa shape index (κ1) is 17.1. The first-order valence-electron chi connectivity index (χ1n) is 8.33. The molecule has 1 aliphatic rings. The van der Waals surface area contributed by atoms with E-state index in [1.54, 1.807) is 18.7 Å². The van der Waals surface area contributed by atoms with Gasteiger partial charge in [0.2, 0.25) is 11.8 Å². The number of aromatic nitrogens is 2. The molecule has 0 saturated carbocycles. The lowest BCUT2D eigenvalue weighted by atomic mass is 10.1. The second-order valence-corrected chi connectivity index (χ2v) is 6.32. The van der Waals surface area contributed by atoms with Crippen LogP contribution >= 0.6 is 0 Å². The molecule has 0 unspecified atom stereocenters. The van der Waals surface area contributed by atoms with Crippen molar-refractivity contribution in [3.05, 3.63) is 47.1 Å². The minimum absolute atomic E-state index is 0.00623. The molecule has 1 saturated heterocycles. The van der Waals surface area contributed by atoms with E-state index in [9.17, 15) is 10.1 Å². The minimum Gasteiger partial charge on any atom is -0.340 e. The van der Waals surface area contributed by atoms with Gasteiger partial charge in [-0.25, -0.2) is 0 Å². The van der Waals surface area contributed by atoms with E-state index in [0.717, 1.165) is 25.1 Å². The maximum atomic E-state index is 12.1. The fourth-order valence-corrected chi connectivity index (χ4v) is 3.27. The molecule has 1 aromatic carbocycles. The molecule has 1 atom stereocenters. The number of carbonyl (C=O) groups excluding carboxylic acids is 1. The lowest BCUT2D eigenvalue weighted by Gasteiger charge is -2.27. The Morgan fingerprint density at radius 2 is 2.28 bits per heavy atom. The van der Waals surface area contributed by atoms with Crippen molar-refractivity contribution in [2.75, 3.05) is 13.1 Å². The molecule has 1 fully saturated rings. The standard InChI is InChI=1S/C18H21N5O2/c1-13-20-18(21-25-13)12-23(14(2)24)17-7-8-22(11-17)10-16-6-4-3-5-15(16)9-19/h3-6,17H,7-8,10-12H2,1-2H3/t17-/m1/s1. The van der Waals surface area contributed by atoms with Crippen LogP contribution in [0.4, 0.5) is 0 Å². The van der Waals surface area contributed by atoms with Gasteiger partial charge in [0.05, 0.1) is 18.2 Å². The zero-order valence-electron chi connectivity index (χ0n) is 14.5. The SMILES string of the molecule is CC(=O)N(Cc1noc(C)n1)[C@@H]1CCN(Cc2ccccc2C#N)C1. The lowest BCUT2D eigenvalue weighted by molar-refractivity contribution is -0.131. The van der Waals surface area contributed by atoms with Crippen molar-refractivity contribution in [3.63, 3.8) is 0 Å². The highest BCUT2D eigenvalue weighted by atomic mass is 16.5. The summed E-state index contributed by atoms with van der Waals surface area (Å²) in [5, 5.41) is 13.1. The summed E-state index contributed by atoms with van der Waals surface area (Å²) in [5.74, 6) is 1.03. The van der Waals surface area contributed by atoms with Gasteiger partial charge < -0.3 is 9.42 Å². The summed E-state index contributed by atoms with van der Waals surface area (Å²) >= 11 is 0. The van der Waals surface area contributed by atoms with Crippen LogP contribution in [0, 0.1) is 18.3 Å².